The third-order valence-electron chi connectivity index (χ3n) is 2.88. The first-order chi connectivity index (χ1) is 9.72. The normalized spacial score (nSPS) is 10.8. The van der Waals surface area contributed by atoms with E-state index in [0.717, 1.165) is 47.6 Å². The van der Waals surface area contributed by atoms with Gasteiger partial charge >= 0.3 is 0 Å². The predicted octanol–water partition coefficient (Wildman–Crippen LogP) is 3.96. The molecule has 0 spiro atoms. The van der Waals surface area contributed by atoms with Crippen molar-refractivity contribution < 1.29 is 4.74 Å². The van der Waals surface area contributed by atoms with Gasteiger partial charge in [0.15, 0.2) is 5.75 Å². The number of ether oxygens (including phenoxy) is 1. The van der Waals surface area contributed by atoms with Crippen molar-refractivity contribution in [2.24, 2.45) is 0 Å². The van der Waals surface area contributed by atoms with Crippen molar-refractivity contribution in [1.82, 2.24) is 15.1 Å². The summed E-state index contributed by atoms with van der Waals surface area (Å²) < 4.78 is 8.90. The molecule has 0 saturated heterocycles. The molecule has 0 aliphatic rings. The van der Waals surface area contributed by atoms with Crippen LogP contribution in [0.4, 0.5) is 0 Å². The molecule has 20 heavy (non-hydrogen) atoms. The summed E-state index contributed by atoms with van der Waals surface area (Å²) in [5.74, 6) is 1.64. The molecule has 5 heteroatoms. The molecule has 0 unspecified atom stereocenters. The van der Waals surface area contributed by atoms with Crippen LogP contribution in [-0.4, -0.2) is 16.3 Å². The van der Waals surface area contributed by atoms with Crippen LogP contribution in [0.1, 0.15) is 25.8 Å². The number of halogens is 1. The first-order valence-corrected chi connectivity index (χ1v) is 7.71. The van der Waals surface area contributed by atoms with E-state index in [9.17, 15) is 0 Å². The Morgan fingerprint density at radius 1 is 1.35 bits per heavy atom. The van der Waals surface area contributed by atoms with Crippen molar-refractivity contribution in [3.8, 4) is 11.5 Å². The van der Waals surface area contributed by atoms with Gasteiger partial charge in [-0.1, -0.05) is 29.8 Å². The Kier molecular flexibility index (Phi) is 5.61. The van der Waals surface area contributed by atoms with Crippen LogP contribution in [0.5, 0.6) is 11.5 Å². The van der Waals surface area contributed by atoms with Gasteiger partial charge in [-0.2, -0.15) is 5.10 Å². The lowest BCUT2D eigenvalue weighted by molar-refractivity contribution is 0.471. The number of aromatic nitrogens is 2. The largest absolute Gasteiger partial charge is 0.454 e. The average molecular weight is 338 g/mol. The van der Waals surface area contributed by atoms with Gasteiger partial charge in [-0.3, -0.25) is 4.68 Å². The van der Waals surface area contributed by atoms with E-state index in [1.165, 1.54) is 0 Å². The van der Waals surface area contributed by atoms with Crippen LogP contribution in [0.2, 0.25) is 0 Å². The second-order valence-corrected chi connectivity index (χ2v) is 5.49. The van der Waals surface area contributed by atoms with Gasteiger partial charge in [0.05, 0.1) is 12.4 Å². The number of rotatable bonds is 7. The van der Waals surface area contributed by atoms with Crippen molar-refractivity contribution in [2.75, 3.05) is 6.54 Å². The zero-order chi connectivity index (χ0) is 14.4. The van der Waals surface area contributed by atoms with E-state index in [2.05, 4.69) is 46.3 Å². The molecular formula is C15H20BrN3O. The molecule has 0 aliphatic carbocycles. The summed E-state index contributed by atoms with van der Waals surface area (Å²) in [5, 5.41) is 7.60. The lowest BCUT2D eigenvalue weighted by atomic mass is 10.2. The summed E-state index contributed by atoms with van der Waals surface area (Å²) in [4.78, 5) is 0. The molecule has 1 N–H and O–H groups in total. The monoisotopic (exact) mass is 337 g/mol. The third-order valence-corrected chi connectivity index (χ3v) is 3.37. The maximum atomic E-state index is 5.94. The smallest absolute Gasteiger partial charge is 0.165 e. The summed E-state index contributed by atoms with van der Waals surface area (Å²) in [6, 6.07) is 6.05. The molecule has 4 nitrogen and oxygen atoms in total. The molecule has 0 bridgehead atoms. The van der Waals surface area contributed by atoms with Gasteiger partial charge in [-0.05, 0) is 31.2 Å². The van der Waals surface area contributed by atoms with E-state index >= 15 is 0 Å². The Morgan fingerprint density at radius 3 is 2.95 bits per heavy atom. The van der Waals surface area contributed by atoms with Crippen LogP contribution in [0.3, 0.4) is 0 Å². The predicted molar refractivity (Wildman–Crippen MR) is 84.1 cm³/mol. The number of hydrogen-bond acceptors (Lipinski definition) is 3. The van der Waals surface area contributed by atoms with Gasteiger partial charge in [-0.15, -0.1) is 0 Å². The van der Waals surface area contributed by atoms with Crippen LogP contribution in [-0.2, 0) is 13.1 Å². The van der Waals surface area contributed by atoms with Crippen molar-refractivity contribution in [3.05, 3.63) is 40.6 Å². The fraction of sp³-hybridized carbons (Fsp3) is 0.400. The molecule has 0 atom stereocenters. The van der Waals surface area contributed by atoms with Gasteiger partial charge < -0.3 is 10.1 Å². The van der Waals surface area contributed by atoms with Crippen molar-refractivity contribution in [1.29, 1.82) is 0 Å². The topological polar surface area (TPSA) is 39.1 Å². The Hall–Kier alpha value is -1.33. The van der Waals surface area contributed by atoms with Crippen LogP contribution in [0.15, 0.2) is 35.1 Å². The molecule has 0 fully saturated rings. The van der Waals surface area contributed by atoms with Gasteiger partial charge in [0.25, 0.3) is 0 Å². The van der Waals surface area contributed by atoms with Crippen LogP contribution >= 0.6 is 15.9 Å². The summed E-state index contributed by atoms with van der Waals surface area (Å²) in [5.41, 5.74) is 1.13. The SMILES string of the molecule is CCCn1cc(Oc2ccc(Br)cc2CNCC)cn1. The molecule has 108 valence electrons. The minimum atomic E-state index is 0.776. The number of benzene rings is 1. The Morgan fingerprint density at radius 2 is 2.20 bits per heavy atom. The minimum Gasteiger partial charge on any atom is -0.454 e. The highest BCUT2D eigenvalue weighted by Gasteiger charge is 2.07. The highest BCUT2D eigenvalue weighted by Crippen LogP contribution is 2.27. The molecule has 2 aromatic rings. The van der Waals surface area contributed by atoms with E-state index in [1.54, 1.807) is 6.20 Å². The molecule has 2 rings (SSSR count). The van der Waals surface area contributed by atoms with E-state index in [1.807, 2.05) is 23.0 Å². The minimum absolute atomic E-state index is 0.776. The zero-order valence-corrected chi connectivity index (χ0v) is 13.5. The molecule has 0 aliphatic heterocycles. The van der Waals surface area contributed by atoms with Crippen LogP contribution in [0.25, 0.3) is 0 Å². The number of nitrogens with one attached hydrogen (secondary N) is 1. The third kappa shape index (κ3) is 4.08. The van der Waals surface area contributed by atoms with E-state index < -0.39 is 0 Å². The first-order valence-electron chi connectivity index (χ1n) is 6.92. The quantitative estimate of drug-likeness (QED) is 0.831. The second-order valence-electron chi connectivity index (χ2n) is 4.57. The Balaban J connectivity index is 2.14. The zero-order valence-electron chi connectivity index (χ0n) is 11.9. The lowest BCUT2D eigenvalue weighted by Crippen LogP contribution is -2.12. The highest BCUT2D eigenvalue weighted by molar-refractivity contribution is 9.10. The number of aryl methyl sites for hydroxylation is 1. The summed E-state index contributed by atoms with van der Waals surface area (Å²) in [7, 11) is 0. The van der Waals surface area contributed by atoms with Crippen LogP contribution < -0.4 is 10.1 Å². The average Bonchev–Trinajstić information content (AvgIpc) is 2.87. The highest BCUT2D eigenvalue weighted by atomic mass is 79.9. The Bertz CT molecular complexity index is 554. The molecule has 0 amide bonds. The van der Waals surface area contributed by atoms with Crippen molar-refractivity contribution in [3.63, 3.8) is 0 Å². The fourth-order valence-corrected chi connectivity index (χ4v) is 2.33. The standard InChI is InChI=1S/C15H20BrN3O/c1-3-7-19-11-14(10-18-19)20-15-6-5-13(16)8-12(15)9-17-4-2/h5-6,8,10-11,17H,3-4,7,9H2,1-2H3. The molecule has 1 heterocycles. The molecule has 1 aromatic carbocycles. The molecule has 0 saturated carbocycles. The molecular weight excluding hydrogens is 318 g/mol. The summed E-state index contributed by atoms with van der Waals surface area (Å²) in [6.07, 6.45) is 4.75. The number of nitrogens with zero attached hydrogens (tertiary/aromatic N) is 2. The maximum Gasteiger partial charge on any atom is 0.165 e. The van der Waals surface area contributed by atoms with E-state index in [-0.39, 0.29) is 0 Å². The van der Waals surface area contributed by atoms with Gasteiger partial charge in [-0.25, -0.2) is 0 Å². The van der Waals surface area contributed by atoms with E-state index in [4.69, 9.17) is 4.74 Å². The number of hydrogen-bond donors (Lipinski definition) is 1. The van der Waals surface area contributed by atoms with Gasteiger partial charge in [0.2, 0.25) is 0 Å². The van der Waals surface area contributed by atoms with Crippen molar-refractivity contribution >= 4 is 15.9 Å². The lowest BCUT2D eigenvalue weighted by Gasteiger charge is -2.10. The fourth-order valence-electron chi connectivity index (χ4n) is 1.92. The summed E-state index contributed by atoms with van der Waals surface area (Å²) >= 11 is 3.50. The maximum absolute atomic E-state index is 5.94. The van der Waals surface area contributed by atoms with E-state index in [0.29, 0.717) is 0 Å². The summed E-state index contributed by atoms with van der Waals surface area (Å²) in [6.45, 7) is 6.85. The van der Waals surface area contributed by atoms with Crippen molar-refractivity contribution in [2.45, 2.75) is 33.4 Å². The van der Waals surface area contributed by atoms with Gasteiger partial charge in [0, 0.05) is 23.1 Å². The molecule has 0 radical (unpaired) electrons. The Labute approximate surface area is 128 Å². The second kappa shape index (κ2) is 7.45. The van der Waals surface area contributed by atoms with Crippen LogP contribution in [0, 0.1) is 0 Å². The first kappa shape index (κ1) is 15.1. The molecule has 1 aromatic heterocycles. The van der Waals surface area contributed by atoms with Gasteiger partial charge in [0.1, 0.15) is 5.75 Å².